The molecule has 0 radical (unpaired) electrons. The Kier molecular flexibility index (Phi) is 6.76. The standard InChI is InChI=1S/C20H14Cl3N3O2S/c1-25-18(27)15(10-24)20-26(14-5-2-12(21)3-6-14)19(28)17(29-20)9-11-8-13(22)4-7-16(11)23/h2-8,17H,9H2,1H3,(H,25,27)/b20-15-/t17-/m1/s1. The minimum absolute atomic E-state index is 0.138. The molecule has 0 saturated carbocycles. The largest absolute Gasteiger partial charge is 0.354 e. The van der Waals surface area contributed by atoms with Crippen LogP contribution in [0.25, 0.3) is 0 Å². The summed E-state index contributed by atoms with van der Waals surface area (Å²) < 4.78 is 0. The number of benzene rings is 2. The molecule has 1 aliphatic heterocycles. The molecule has 2 aromatic rings. The molecule has 0 aromatic heterocycles. The van der Waals surface area contributed by atoms with E-state index in [0.29, 0.717) is 32.7 Å². The highest BCUT2D eigenvalue weighted by atomic mass is 35.5. The van der Waals surface area contributed by atoms with Crippen LogP contribution in [0.5, 0.6) is 0 Å². The molecule has 0 bridgehead atoms. The van der Waals surface area contributed by atoms with Crippen molar-refractivity contribution in [1.29, 1.82) is 5.26 Å². The summed E-state index contributed by atoms with van der Waals surface area (Å²) in [6.45, 7) is 0. The van der Waals surface area contributed by atoms with Gasteiger partial charge < -0.3 is 5.32 Å². The zero-order chi connectivity index (χ0) is 21.1. The first-order chi connectivity index (χ1) is 13.8. The molecule has 1 N–H and O–H groups in total. The molecule has 0 unspecified atom stereocenters. The van der Waals surface area contributed by atoms with E-state index in [1.807, 2.05) is 6.07 Å². The lowest BCUT2D eigenvalue weighted by molar-refractivity contribution is -0.117. The average Bonchev–Trinajstić information content (AvgIpc) is 3.01. The van der Waals surface area contributed by atoms with Gasteiger partial charge in [0.1, 0.15) is 16.7 Å². The Morgan fingerprint density at radius 2 is 1.83 bits per heavy atom. The number of halogens is 3. The molecule has 2 aromatic carbocycles. The van der Waals surface area contributed by atoms with Gasteiger partial charge >= 0.3 is 0 Å². The van der Waals surface area contributed by atoms with E-state index in [0.717, 1.165) is 11.8 Å². The van der Waals surface area contributed by atoms with Gasteiger partial charge in [0.2, 0.25) is 5.91 Å². The van der Waals surface area contributed by atoms with E-state index in [1.54, 1.807) is 42.5 Å². The fourth-order valence-electron chi connectivity index (χ4n) is 2.84. The zero-order valence-electron chi connectivity index (χ0n) is 15.1. The van der Waals surface area contributed by atoms with E-state index >= 15 is 0 Å². The molecule has 3 rings (SSSR count). The van der Waals surface area contributed by atoms with Crippen molar-refractivity contribution < 1.29 is 9.59 Å². The molecule has 148 valence electrons. The van der Waals surface area contributed by atoms with Gasteiger partial charge in [-0.1, -0.05) is 46.6 Å². The third kappa shape index (κ3) is 4.54. The molecule has 2 amide bonds. The van der Waals surface area contributed by atoms with Crippen molar-refractivity contribution in [2.24, 2.45) is 0 Å². The number of likely N-dealkylation sites (N-methyl/N-ethyl adjacent to an activating group) is 1. The minimum atomic E-state index is -0.579. The van der Waals surface area contributed by atoms with E-state index in [2.05, 4.69) is 5.32 Å². The number of nitrogens with one attached hydrogen (secondary N) is 1. The monoisotopic (exact) mass is 465 g/mol. The predicted octanol–water partition coefficient (Wildman–Crippen LogP) is 4.82. The van der Waals surface area contributed by atoms with Crippen LogP contribution >= 0.6 is 46.6 Å². The second-order valence-electron chi connectivity index (χ2n) is 6.07. The van der Waals surface area contributed by atoms with Crippen molar-refractivity contribution in [3.05, 3.63) is 73.7 Å². The summed E-state index contributed by atoms with van der Waals surface area (Å²) in [6.07, 6.45) is 0.295. The predicted molar refractivity (Wildman–Crippen MR) is 117 cm³/mol. The minimum Gasteiger partial charge on any atom is -0.354 e. The highest BCUT2D eigenvalue weighted by Crippen LogP contribution is 2.42. The lowest BCUT2D eigenvalue weighted by Crippen LogP contribution is -2.31. The van der Waals surface area contributed by atoms with E-state index in [9.17, 15) is 14.9 Å². The van der Waals surface area contributed by atoms with E-state index in [4.69, 9.17) is 34.8 Å². The maximum absolute atomic E-state index is 13.3. The van der Waals surface area contributed by atoms with Gasteiger partial charge in [0, 0.05) is 27.8 Å². The van der Waals surface area contributed by atoms with Crippen LogP contribution in [0.1, 0.15) is 5.56 Å². The summed E-state index contributed by atoms with van der Waals surface area (Å²) >= 11 is 19.4. The van der Waals surface area contributed by atoms with Crippen molar-refractivity contribution >= 4 is 64.1 Å². The molecule has 1 aliphatic rings. The smallest absolute Gasteiger partial charge is 0.264 e. The molecule has 1 fully saturated rings. The lowest BCUT2D eigenvalue weighted by atomic mass is 10.1. The van der Waals surface area contributed by atoms with Crippen molar-refractivity contribution in [2.75, 3.05) is 11.9 Å². The van der Waals surface area contributed by atoms with Crippen molar-refractivity contribution in [3.8, 4) is 6.07 Å². The maximum atomic E-state index is 13.3. The Balaban J connectivity index is 2.06. The summed E-state index contributed by atoms with van der Waals surface area (Å²) in [6, 6.07) is 13.6. The number of amides is 2. The molecular weight excluding hydrogens is 453 g/mol. The van der Waals surface area contributed by atoms with Crippen LogP contribution in [0.3, 0.4) is 0 Å². The summed E-state index contributed by atoms with van der Waals surface area (Å²) in [4.78, 5) is 26.9. The number of hydrogen-bond acceptors (Lipinski definition) is 4. The van der Waals surface area contributed by atoms with Crippen molar-refractivity contribution in [3.63, 3.8) is 0 Å². The summed E-state index contributed by atoms with van der Waals surface area (Å²) in [5, 5.41) is 13.2. The number of rotatable bonds is 4. The van der Waals surface area contributed by atoms with Gasteiger partial charge in [-0.05, 0) is 54.4 Å². The Morgan fingerprint density at radius 1 is 1.17 bits per heavy atom. The average molecular weight is 467 g/mol. The summed E-state index contributed by atoms with van der Waals surface area (Å²) in [7, 11) is 1.43. The molecule has 1 saturated heterocycles. The van der Waals surface area contributed by atoms with Gasteiger partial charge in [-0.15, -0.1) is 0 Å². The van der Waals surface area contributed by atoms with Crippen molar-refractivity contribution in [2.45, 2.75) is 11.7 Å². The van der Waals surface area contributed by atoms with E-state index in [1.165, 1.54) is 11.9 Å². The van der Waals surface area contributed by atoms with Gasteiger partial charge in [-0.3, -0.25) is 14.5 Å². The van der Waals surface area contributed by atoms with Crippen LogP contribution in [0.2, 0.25) is 15.1 Å². The number of carbonyl (C=O) groups is 2. The lowest BCUT2D eigenvalue weighted by Gasteiger charge is -2.18. The first-order valence-corrected chi connectivity index (χ1v) is 10.4. The third-order valence-corrected chi connectivity index (χ3v) is 6.35. The van der Waals surface area contributed by atoms with Crippen molar-refractivity contribution in [1.82, 2.24) is 5.32 Å². The molecule has 29 heavy (non-hydrogen) atoms. The number of anilines is 1. The first kappa shape index (κ1) is 21.5. The van der Waals surface area contributed by atoms with Crippen LogP contribution in [-0.4, -0.2) is 24.1 Å². The fraction of sp³-hybridized carbons (Fsp3) is 0.150. The molecular formula is C20H14Cl3N3O2S. The number of carbonyl (C=O) groups excluding carboxylic acids is 2. The second-order valence-corrected chi connectivity index (χ2v) is 8.54. The van der Waals surface area contributed by atoms with Gasteiger partial charge in [0.15, 0.2) is 0 Å². The van der Waals surface area contributed by atoms with Crippen LogP contribution < -0.4 is 10.2 Å². The maximum Gasteiger partial charge on any atom is 0.264 e. The molecule has 1 atom stereocenters. The number of thioether (sulfide) groups is 1. The Morgan fingerprint density at radius 3 is 2.45 bits per heavy atom. The number of nitrogens with zero attached hydrogens (tertiary/aromatic N) is 2. The quantitative estimate of drug-likeness (QED) is 0.518. The van der Waals surface area contributed by atoms with E-state index < -0.39 is 11.2 Å². The molecule has 0 aliphatic carbocycles. The Hall–Kier alpha value is -2.17. The summed E-state index contributed by atoms with van der Waals surface area (Å²) in [5.41, 5.74) is 1.08. The molecule has 5 nitrogen and oxygen atoms in total. The Bertz CT molecular complexity index is 1050. The Labute approximate surface area is 187 Å². The number of nitriles is 1. The van der Waals surface area contributed by atoms with Crippen LogP contribution in [0, 0.1) is 11.3 Å². The normalized spacial score (nSPS) is 17.8. The topological polar surface area (TPSA) is 73.2 Å². The SMILES string of the molecule is CNC(=O)/C(C#N)=C1\S[C@H](Cc2cc(Cl)ccc2Cl)C(=O)N1c1ccc(Cl)cc1. The van der Waals surface area contributed by atoms with Crippen LogP contribution in [-0.2, 0) is 16.0 Å². The van der Waals surface area contributed by atoms with Crippen LogP contribution in [0.4, 0.5) is 5.69 Å². The second kappa shape index (κ2) is 9.10. The van der Waals surface area contributed by atoms with Gasteiger partial charge in [-0.25, -0.2) is 0 Å². The molecule has 0 spiro atoms. The molecule has 1 heterocycles. The number of hydrogen-bond donors (Lipinski definition) is 1. The van der Waals surface area contributed by atoms with Gasteiger partial charge in [-0.2, -0.15) is 5.26 Å². The zero-order valence-corrected chi connectivity index (χ0v) is 18.2. The highest BCUT2D eigenvalue weighted by Gasteiger charge is 2.40. The van der Waals surface area contributed by atoms with Gasteiger partial charge in [0.05, 0.1) is 5.25 Å². The third-order valence-electron chi connectivity index (χ3n) is 4.23. The molecule has 9 heteroatoms. The van der Waals surface area contributed by atoms with Gasteiger partial charge in [0.25, 0.3) is 5.91 Å². The fourth-order valence-corrected chi connectivity index (χ4v) is 4.65. The highest BCUT2D eigenvalue weighted by molar-refractivity contribution is 8.05. The first-order valence-electron chi connectivity index (χ1n) is 8.42. The summed E-state index contributed by atoms with van der Waals surface area (Å²) in [5.74, 6) is -0.830. The van der Waals surface area contributed by atoms with Crippen LogP contribution in [0.15, 0.2) is 53.1 Å². The van der Waals surface area contributed by atoms with E-state index in [-0.39, 0.29) is 16.5 Å².